The van der Waals surface area contributed by atoms with Gasteiger partial charge < -0.3 is 15.8 Å². The summed E-state index contributed by atoms with van der Waals surface area (Å²) < 4.78 is 0.905. The van der Waals surface area contributed by atoms with E-state index in [4.69, 9.17) is 10.9 Å². The van der Waals surface area contributed by atoms with Crippen LogP contribution in [0.25, 0.3) is 0 Å². The molecule has 0 unspecified atom stereocenters. The normalized spacial score (nSPS) is 17.0. The molecule has 1 aromatic carbocycles. The van der Waals surface area contributed by atoms with E-state index in [1.165, 1.54) is 0 Å². The minimum atomic E-state index is 0.0530. The summed E-state index contributed by atoms with van der Waals surface area (Å²) in [5.74, 6) is 0.245. The van der Waals surface area contributed by atoms with E-state index in [0.29, 0.717) is 19.6 Å². The molecule has 1 aliphatic rings. The highest BCUT2D eigenvalue weighted by Gasteiger charge is 2.23. The van der Waals surface area contributed by atoms with E-state index in [0.717, 1.165) is 28.7 Å². The summed E-state index contributed by atoms with van der Waals surface area (Å²) in [7, 11) is 0. The molecule has 3 N–H and O–H groups in total. The lowest BCUT2D eigenvalue weighted by Gasteiger charge is -2.34. The molecule has 1 saturated heterocycles. The smallest absolute Gasteiger partial charge is 0.254 e. The van der Waals surface area contributed by atoms with Crippen molar-refractivity contribution in [3.8, 4) is 0 Å². The number of amidine groups is 1. The summed E-state index contributed by atoms with van der Waals surface area (Å²) in [5.41, 5.74) is 7.20. The van der Waals surface area contributed by atoms with E-state index < -0.39 is 0 Å². The van der Waals surface area contributed by atoms with Gasteiger partial charge in [0.15, 0.2) is 5.84 Å². The minimum absolute atomic E-state index is 0.0530. The van der Waals surface area contributed by atoms with Crippen LogP contribution in [0.2, 0.25) is 0 Å². The fourth-order valence-corrected chi connectivity index (χ4v) is 2.73. The van der Waals surface area contributed by atoms with Crippen LogP contribution < -0.4 is 5.73 Å². The van der Waals surface area contributed by atoms with Crippen molar-refractivity contribution in [3.63, 3.8) is 0 Å². The molecule has 0 aliphatic carbocycles. The lowest BCUT2D eigenvalue weighted by molar-refractivity contribution is 0.0652. The largest absolute Gasteiger partial charge is 0.409 e. The van der Waals surface area contributed by atoms with Gasteiger partial charge in [-0.3, -0.25) is 9.69 Å². The fourth-order valence-electron chi connectivity index (χ4n) is 2.36. The van der Waals surface area contributed by atoms with Gasteiger partial charge in [-0.25, -0.2) is 0 Å². The number of carbonyl (C=O) groups excluding carboxylic acids is 1. The average Bonchev–Trinajstić information content (AvgIpc) is 2.49. The van der Waals surface area contributed by atoms with Crippen molar-refractivity contribution in [1.29, 1.82) is 0 Å². The zero-order valence-corrected chi connectivity index (χ0v) is 13.5. The van der Waals surface area contributed by atoms with Gasteiger partial charge in [0.1, 0.15) is 0 Å². The van der Waals surface area contributed by atoms with Gasteiger partial charge in [0.2, 0.25) is 0 Å². The summed E-state index contributed by atoms with van der Waals surface area (Å²) in [6.45, 7) is 5.08. The van der Waals surface area contributed by atoms with Crippen LogP contribution in [0.3, 0.4) is 0 Å². The van der Waals surface area contributed by atoms with E-state index in [2.05, 4.69) is 26.0 Å². The van der Waals surface area contributed by atoms with Gasteiger partial charge in [-0.15, -0.1) is 0 Å². The number of nitrogens with two attached hydrogens (primary N) is 1. The quantitative estimate of drug-likeness (QED) is 0.370. The zero-order chi connectivity index (χ0) is 15.4. The number of piperazine rings is 1. The van der Waals surface area contributed by atoms with Crippen LogP contribution in [0.15, 0.2) is 27.8 Å². The lowest BCUT2D eigenvalue weighted by Crippen LogP contribution is -2.50. The third-order valence-electron chi connectivity index (χ3n) is 3.60. The predicted molar refractivity (Wildman–Crippen MR) is 84.6 cm³/mol. The number of halogens is 1. The Morgan fingerprint density at radius 1 is 1.38 bits per heavy atom. The average molecular weight is 355 g/mol. The number of aryl methyl sites for hydroxylation is 1. The van der Waals surface area contributed by atoms with Crippen molar-refractivity contribution in [2.75, 3.05) is 32.7 Å². The molecule has 1 aromatic rings. The van der Waals surface area contributed by atoms with E-state index in [-0.39, 0.29) is 11.7 Å². The molecule has 21 heavy (non-hydrogen) atoms. The second-order valence-corrected chi connectivity index (χ2v) is 6.03. The van der Waals surface area contributed by atoms with Crippen LogP contribution in [0.4, 0.5) is 0 Å². The number of amides is 1. The molecule has 0 spiro atoms. The highest BCUT2D eigenvalue weighted by Crippen LogP contribution is 2.18. The fraction of sp³-hybridized carbons (Fsp3) is 0.429. The lowest BCUT2D eigenvalue weighted by atomic mass is 10.1. The van der Waals surface area contributed by atoms with Crippen LogP contribution in [0.1, 0.15) is 15.9 Å². The number of benzene rings is 1. The van der Waals surface area contributed by atoms with Gasteiger partial charge >= 0.3 is 0 Å². The van der Waals surface area contributed by atoms with Gasteiger partial charge in [-0.05, 0) is 24.6 Å². The molecule has 0 aromatic heterocycles. The summed E-state index contributed by atoms with van der Waals surface area (Å²) >= 11 is 3.40. The zero-order valence-electron chi connectivity index (χ0n) is 11.9. The molecule has 6 nitrogen and oxygen atoms in total. The molecule has 0 radical (unpaired) electrons. The van der Waals surface area contributed by atoms with E-state index in [1.54, 1.807) is 0 Å². The predicted octanol–water partition coefficient (Wildman–Crippen LogP) is 1.26. The highest BCUT2D eigenvalue weighted by molar-refractivity contribution is 9.10. The SMILES string of the molecule is Cc1ccc(Br)cc1C(=O)N1CCN(CC(N)=NO)CC1. The van der Waals surface area contributed by atoms with Crippen molar-refractivity contribution in [2.24, 2.45) is 10.9 Å². The van der Waals surface area contributed by atoms with Crippen molar-refractivity contribution in [1.82, 2.24) is 9.80 Å². The Hall–Kier alpha value is -1.60. The number of hydrogen-bond donors (Lipinski definition) is 2. The molecular weight excluding hydrogens is 336 g/mol. The van der Waals surface area contributed by atoms with E-state index >= 15 is 0 Å². The third kappa shape index (κ3) is 3.95. The van der Waals surface area contributed by atoms with Crippen molar-refractivity contribution in [2.45, 2.75) is 6.92 Å². The maximum atomic E-state index is 12.6. The summed E-state index contributed by atoms with van der Waals surface area (Å²) in [5, 5.41) is 11.6. The van der Waals surface area contributed by atoms with Crippen LogP contribution in [0, 0.1) is 6.92 Å². The first-order valence-electron chi connectivity index (χ1n) is 6.75. The Labute approximate surface area is 132 Å². The van der Waals surface area contributed by atoms with Crippen LogP contribution >= 0.6 is 15.9 Å². The molecule has 1 heterocycles. The Morgan fingerprint density at radius 3 is 2.67 bits per heavy atom. The molecule has 0 atom stereocenters. The summed E-state index contributed by atoms with van der Waals surface area (Å²) in [4.78, 5) is 16.5. The maximum Gasteiger partial charge on any atom is 0.254 e. The number of hydrogen-bond acceptors (Lipinski definition) is 4. The van der Waals surface area contributed by atoms with Crippen LogP contribution in [0.5, 0.6) is 0 Å². The Balaban J connectivity index is 1.99. The number of carbonyl (C=O) groups is 1. The monoisotopic (exact) mass is 354 g/mol. The first-order chi connectivity index (χ1) is 10.0. The second kappa shape index (κ2) is 6.91. The van der Waals surface area contributed by atoms with Gasteiger partial charge in [-0.1, -0.05) is 27.2 Å². The van der Waals surface area contributed by atoms with Gasteiger partial charge in [0.05, 0.1) is 6.54 Å². The van der Waals surface area contributed by atoms with Crippen molar-refractivity contribution in [3.05, 3.63) is 33.8 Å². The Kier molecular flexibility index (Phi) is 5.19. The van der Waals surface area contributed by atoms with Gasteiger partial charge in [0, 0.05) is 36.2 Å². The first-order valence-corrected chi connectivity index (χ1v) is 7.54. The molecule has 0 bridgehead atoms. The molecule has 114 valence electrons. The maximum absolute atomic E-state index is 12.6. The first kappa shape index (κ1) is 15.8. The van der Waals surface area contributed by atoms with Gasteiger partial charge in [-0.2, -0.15) is 0 Å². The number of oxime groups is 1. The van der Waals surface area contributed by atoms with Crippen molar-refractivity contribution >= 4 is 27.7 Å². The standard InChI is InChI=1S/C14H19BrN4O2/c1-10-2-3-11(15)8-12(10)14(20)19-6-4-18(5-7-19)9-13(16)17-21/h2-3,8,21H,4-7,9H2,1H3,(H2,16,17). The summed E-state index contributed by atoms with van der Waals surface area (Å²) in [6, 6.07) is 5.73. The van der Waals surface area contributed by atoms with Crippen LogP contribution in [-0.4, -0.2) is 59.5 Å². The number of nitrogens with zero attached hydrogens (tertiary/aromatic N) is 3. The number of rotatable bonds is 3. The topological polar surface area (TPSA) is 82.2 Å². The molecule has 2 rings (SSSR count). The van der Waals surface area contributed by atoms with Crippen LogP contribution in [-0.2, 0) is 0 Å². The highest BCUT2D eigenvalue weighted by atomic mass is 79.9. The van der Waals surface area contributed by atoms with Crippen molar-refractivity contribution < 1.29 is 10.0 Å². The van der Waals surface area contributed by atoms with Gasteiger partial charge in [0.25, 0.3) is 5.91 Å². The molecule has 1 fully saturated rings. The molecule has 0 saturated carbocycles. The third-order valence-corrected chi connectivity index (χ3v) is 4.10. The minimum Gasteiger partial charge on any atom is -0.409 e. The molecular formula is C14H19BrN4O2. The Bertz CT molecular complexity index is 554. The summed E-state index contributed by atoms with van der Waals surface area (Å²) in [6.07, 6.45) is 0. The second-order valence-electron chi connectivity index (χ2n) is 5.12. The molecule has 1 amide bonds. The van der Waals surface area contributed by atoms with E-state index in [9.17, 15) is 4.79 Å². The Morgan fingerprint density at radius 2 is 2.05 bits per heavy atom. The molecule has 7 heteroatoms. The molecule has 1 aliphatic heterocycles. The van der Waals surface area contributed by atoms with E-state index in [1.807, 2.05) is 30.0 Å².